The minimum absolute atomic E-state index is 0.133. The molecule has 0 saturated heterocycles. The van der Waals surface area contributed by atoms with Crippen LogP contribution in [-0.2, 0) is 0 Å². The van der Waals surface area contributed by atoms with Crippen molar-refractivity contribution in [2.24, 2.45) is 11.5 Å². The van der Waals surface area contributed by atoms with Crippen LogP contribution in [0.1, 0.15) is 5.56 Å². The van der Waals surface area contributed by atoms with Gasteiger partial charge in [-0.05, 0) is 17.2 Å². The van der Waals surface area contributed by atoms with E-state index >= 15 is 0 Å². The minimum atomic E-state index is -0.133. The fourth-order valence-corrected chi connectivity index (χ4v) is 1.23. The van der Waals surface area contributed by atoms with E-state index in [1.54, 1.807) is 12.2 Å². The highest BCUT2D eigenvalue weighted by Crippen LogP contribution is 2.16. The van der Waals surface area contributed by atoms with Gasteiger partial charge < -0.3 is 11.5 Å². The highest BCUT2D eigenvalue weighted by Gasteiger charge is 1.99. The molecule has 1 rings (SSSR count). The Kier molecular flexibility index (Phi) is 4.09. The summed E-state index contributed by atoms with van der Waals surface area (Å²) in [5.74, 6) is -0.133. The fourth-order valence-electron chi connectivity index (χ4n) is 1.23. The van der Waals surface area contributed by atoms with Gasteiger partial charge in [-0.2, -0.15) is 0 Å². The van der Waals surface area contributed by atoms with Gasteiger partial charge in [-0.15, -0.1) is 0 Å². The summed E-state index contributed by atoms with van der Waals surface area (Å²) in [6, 6.07) is 9.72. The predicted octanol–water partition coefficient (Wildman–Crippen LogP) is 2.03. The van der Waals surface area contributed by atoms with Crippen molar-refractivity contribution in [1.29, 1.82) is 5.41 Å². The molecule has 0 spiro atoms. The van der Waals surface area contributed by atoms with Gasteiger partial charge in [0.25, 0.3) is 0 Å². The Hall–Kier alpha value is -2.29. The largest absolute Gasteiger partial charge is 0.396 e. The molecule has 0 heterocycles. The number of hydrogen-bond acceptors (Lipinski definition) is 2. The number of nitrogens with two attached hydrogens (primary N) is 2. The Morgan fingerprint density at radius 3 is 2.31 bits per heavy atom. The van der Waals surface area contributed by atoms with Crippen molar-refractivity contribution in [2.75, 3.05) is 0 Å². The molecule has 0 aliphatic heterocycles. The standard InChI is InChI=1S/C13H15N3/c1-2-6-11(9-12(14)13(15)16)10-7-4-3-5-8-10/h2-9H,1,14H2,(H3,15,16)/b11-6+,12-9-. The van der Waals surface area contributed by atoms with Gasteiger partial charge in [0.15, 0.2) is 0 Å². The van der Waals surface area contributed by atoms with E-state index in [-0.39, 0.29) is 11.5 Å². The lowest BCUT2D eigenvalue weighted by molar-refractivity contribution is 1.35. The van der Waals surface area contributed by atoms with Crippen molar-refractivity contribution in [3.05, 3.63) is 66.4 Å². The summed E-state index contributed by atoms with van der Waals surface area (Å²) < 4.78 is 0. The molecule has 0 bridgehead atoms. The molecule has 0 unspecified atom stereocenters. The topological polar surface area (TPSA) is 75.9 Å². The highest BCUT2D eigenvalue weighted by atomic mass is 14.8. The van der Waals surface area contributed by atoms with Crippen molar-refractivity contribution in [2.45, 2.75) is 0 Å². The van der Waals surface area contributed by atoms with Crippen LogP contribution in [0, 0.1) is 5.41 Å². The predicted molar refractivity (Wildman–Crippen MR) is 68.8 cm³/mol. The lowest BCUT2D eigenvalue weighted by atomic mass is 10.0. The zero-order valence-corrected chi connectivity index (χ0v) is 8.98. The molecule has 82 valence electrons. The van der Waals surface area contributed by atoms with Crippen molar-refractivity contribution < 1.29 is 0 Å². The van der Waals surface area contributed by atoms with Crippen LogP contribution in [0.15, 0.2) is 60.8 Å². The van der Waals surface area contributed by atoms with E-state index in [9.17, 15) is 0 Å². The lowest BCUT2D eigenvalue weighted by Gasteiger charge is -2.03. The van der Waals surface area contributed by atoms with Gasteiger partial charge in [0.2, 0.25) is 0 Å². The maximum atomic E-state index is 7.22. The first-order valence-corrected chi connectivity index (χ1v) is 4.85. The molecular weight excluding hydrogens is 198 g/mol. The van der Waals surface area contributed by atoms with E-state index in [2.05, 4.69) is 6.58 Å². The maximum absolute atomic E-state index is 7.22. The smallest absolute Gasteiger partial charge is 0.139 e. The van der Waals surface area contributed by atoms with Crippen LogP contribution in [0.3, 0.4) is 0 Å². The first-order chi connectivity index (χ1) is 7.65. The summed E-state index contributed by atoms with van der Waals surface area (Å²) in [5.41, 5.74) is 13.0. The number of nitrogens with one attached hydrogen (secondary N) is 1. The second-order valence-electron chi connectivity index (χ2n) is 3.24. The molecule has 1 aromatic rings. The van der Waals surface area contributed by atoms with E-state index in [1.807, 2.05) is 36.4 Å². The van der Waals surface area contributed by atoms with Gasteiger partial charge in [-0.3, -0.25) is 5.41 Å². The molecule has 3 heteroatoms. The third-order valence-electron chi connectivity index (χ3n) is 2.03. The quantitative estimate of drug-likeness (QED) is 0.406. The third-order valence-corrected chi connectivity index (χ3v) is 2.03. The van der Waals surface area contributed by atoms with Crippen molar-refractivity contribution in [3.8, 4) is 0 Å². The Morgan fingerprint density at radius 1 is 1.19 bits per heavy atom. The van der Waals surface area contributed by atoms with Gasteiger partial charge in [0.05, 0.1) is 5.70 Å². The molecule has 0 amide bonds. The number of allylic oxidation sites excluding steroid dienone is 4. The van der Waals surface area contributed by atoms with Gasteiger partial charge >= 0.3 is 0 Å². The molecule has 5 N–H and O–H groups in total. The average molecular weight is 213 g/mol. The second-order valence-corrected chi connectivity index (χ2v) is 3.24. The molecule has 0 fully saturated rings. The molecular formula is C13H15N3. The van der Waals surface area contributed by atoms with Crippen LogP contribution >= 0.6 is 0 Å². The van der Waals surface area contributed by atoms with Crippen molar-refractivity contribution in [1.82, 2.24) is 0 Å². The zero-order valence-electron chi connectivity index (χ0n) is 8.98. The summed E-state index contributed by atoms with van der Waals surface area (Å²) in [6.45, 7) is 3.65. The maximum Gasteiger partial charge on any atom is 0.139 e. The third kappa shape index (κ3) is 3.13. The molecule has 0 saturated carbocycles. The Bertz CT molecular complexity index is 442. The van der Waals surface area contributed by atoms with E-state index < -0.39 is 0 Å². The summed E-state index contributed by atoms with van der Waals surface area (Å²) in [4.78, 5) is 0. The second kappa shape index (κ2) is 5.56. The molecule has 1 aromatic carbocycles. The molecule has 0 atom stereocenters. The van der Waals surface area contributed by atoms with Gasteiger partial charge in [-0.25, -0.2) is 0 Å². The van der Waals surface area contributed by atoms with Crippen LogP contribution in [0.5, 0.6) is 0 Å². The molecule has 16 heavy (non-hydrogen) atoms. The van der Waals surface area contributed by atoms with E-state index in [4.69, 9.17) is 16.9 Å². The van der Waals surface area contributed by atoms with E-state index in [1.165, 1.54) is 0 Å². The first-order valence-electron chi connectivity index (χ1n) is 4.85. The molecule has 0 radical (unpaired) electrons. The van der Waals surface area contributed by atoms with Crippen LogP contribution < -0.4 is 11.5 Å². The van der Waals surface area contributed by atoms with Crippen LogP contribution in [-0.4, -0.2) is 5.84 Å². The minimum Gasteiger partial charge on any atom is -0.396 e. The van der Waals surface area contributed by atoms with Crippen molar-refractivity contribution >= 4 is 11.4 Å². The molecule has 0 aliphatic rings. The zero-order chi connectivity index (χ0) is 12.0. The number of hydrogen-bond donors (Lipinski definition) is 3. The summed E-state index contributed by atoms with van der Waals surface area (Å²) in [7, 11) is 0. The van der Waals surface area contributed by atoms with Crippen molar-refractivity contribution in [3.63, 3.8) is 0 Å². The normalized spacial score (nSPS) is 12.2. The monoisotopic (exact) mass is 213 g/mol. The van der Waals surface area contributed by atoms with Crippen LogP contribution in [0.25, 0.3) is 5.57 Å². The molecule has 0 aliphatic carbocycles. The van der Waals surface area contributed by atoms with Crippen LogP contribution in [0.4, 0.5) is 0 Å². The van der Waals surface area contributed by atoms with Crippen LogP contribution in [0.2, 0.25) is 0 Å². The first kappa shape index (κ1) is 11.8. The van der Waals surface area contributed by atoms with Gasteiger partial charge in [0, 0.05) is 0 Å². The number of benzene rings is 1. The SMILES string of the molecule is C=C/C=C(\C=C(/N)C(=N)N)c1ccccc1. The number of amidine groups is 1. The Labute approximate surface area is 95.3 Å². The van der Waals surface area contributed by atoms with E-state index in [0.29, 0.717) is 0 Å². The summed E-state index contributed by atoms with van der Waals surface area (Å²) in [5, 5.41) is 7.22. The lowest BCUT2D eigenvalue weighted by Crippen LogP contribution is -2.19. The molecule has 0 aromatic heterocycles. The number of rotatable bonds is 4. The molecule has 3 nitrogen and oxygen atoms in total. The Balaban J connectivity index is 3.13. The Morgan fingerprint density at radius 2 is 1.81 bits per heavy atom. The fraction of sp³-hybridized carbons (Fsp3) is 0. The summed E-state index contributed by atoms with van der Waals surface area (Å²) >= 11 is 0. The van der Waals surface area contributed by atoms with Gasteiger partial charge in [0.1, 0.15) is 5.84 Å². The van der Waals surface area contributed by atoms with Gasteiger partial charge in [-0.1, -0.05) is 49.1 Å². The highest BCUT2D eigenvalue weighted by molar-refractivity contribution is 5.96. The van der Waals surface area contributed by atoms with E-state index in [0.717, 1.165) is 11.1 Å². The summed E-state index contributed by atoms with van der Waals surface area (Å²) in [6.07, 6.45) is 5.16. The average Bonchev–Trinajstić information content (AvgIpc) is 2.29.